The zero-order valence-corrected chi connectivity index (χ0v) is 12.7. The molecule has 0 aliphatic carbocycles. The molecule has 1 heterocycles. The molecule has 0 spiro atoms. The van der Waals surface area contributed by atoms with Crippen LogP contribution in [0, 0.1) is 26.6 Å². The number of nitrogens with one attached hydrogen (secondary N) is 1. The van der Waals surface area contributed by atoms with Crippen molar-refractivity contribution < 1.29 is 4.39 Å². The van der Waals surface area contributed by atoms with E-state index in [0.717, 1.165) is 12.1 Å². The third-order valence-electron chi connectivity index (χ3n) is 3.44. The van der Waals surface area contributed by atoms with Gasteiger partial charge in [0.15, 0.2) is 0 Å². The molecule has 19 heavy (non-hydrogen) atoms. The number of rotatable bonds is 4. The van der Waals surface area contributed by atoms with Crippen LogP contribution in [0.5, 0.6) is 0 Å². The van der Waals surface area contributed by atoms with E-state index in [9.17, 15) is 4.39 Å². The van der Waals surface area contributed by atoms with Crippen molar-refractivity contribution >= 4 is 11.3 Å². The molecule has 1 atom stereocenters. The molecule has 1 unspecified atom stereocenters. The Labute approximate surface area is 118 Å². The highest BCUT2D eigenvalue weighted by atomic mass is 32.1. The van der Waals surface area contributed by atoms with E-state index in [4.69, 9.17) is 0 Å². The Morgan fingerprint density at radius 2 is 1.95 bits per heavy atom. The highest BCUT2D eigenvalue weighted by Gasteiger charge is 2.09. The fourth-order valence-electron chi connectivity index (χ4n) is 2.12. The number of hydrogen-bond acceptors (Lipinski definition) is 2. The lowest BCUT2D eigenvalue weighted by molar-refractivity contribution is 0.563. The predicted molar refractivity (Wildman–Crippen MR) is 80.2 cm³/mol. The summed E-state index contributed by atoms with van der Waals surface area (Å²) in [7, 11) is 0. The van der Waals surface area contributed by atoms with E-state index in [1.807, 2.05) is 23.5 Å². The van der Waals surface area contributed by atoms with Crippen LogP contribution < -0.4 is 5.32 Å². The zero-order chi connectivity index (χ0) is 14.0. The van der Waals surface area contributed by atoms with Gasteiger partial charge in [-0.1, -0.05) is 12.1 Å². The first-order chi connectivity index (χ1) is 8.97. The Hall–Kier alpha value is -1.19. The van der Waals surface area contributed by atoms with E-state index in [2.05, 4.69) is 32.2 Å². The van der Waals surface area contributed by atoms with Crippen LogP contribution in [0.3, 0.4) is 0 Å². The lowest BCUT2D eigenvalue weighted by atomic mass is 10.1. The van der Waals surface area contributed by atoms with Gasteiger partial charge in [0, 0.05) is 22.3 Å². The van der Waals surface area contributed by atoms with Crippen molar-refractivity contribution in [2.24, 2.45) is 0 Å². The van der Waals surface area contributed by atoms with Gasteiger partial charge in [-0.05, 0) is 56.5 Å². The molecule has 0 saturated heterocycles. The second kappa shape index (κ2) is 5.85. The summed E-state index contributed by atoms with van der Waals surface area (Å²) in [5, 5.41) is 3.46. The Kier molecular flexibility index (Phi) is 4.38. The van der Waals surface area contributed by atoms with Gasteiger partial charge in [0.25, 0.3) is 0 Å². The summed E-state index contributed by atoms with van der Waals surface area (Å²) >= 11 is 1.82. The molecule has 0 radical (unpaired) electrons. The SMILES string of the molecule is Cc1cc(CNC(C)c2ccc(C)c(F)c2)c(C)s1. The van der Waals surface area contributed by atoms with Gasteiger partial charge in [0.2, 0.25) is 0 Å². The highest BCUT2D eigenvalue weighted by Crippen LogP contribution is 2.22. The van der Waals surface area contributed by atoms with Crippen LogP contribution in [0.15, 0.2) is 24.3 Å². The molecule has 2 rings (SSSR count). The minimum Gasteiger partial charge on any atom is -0.306 e. The van der Waals surface area contributed by atoms with Crippen molar-refractivity contribution in [3.63, 3.8) is 0 Å². The molecule has 0 fully saturated rings. The maximum absolute atomic E-state index is 13.5. The lowest BCUT2D eigenvalue weighted by Crippen LogP contribution is -2.18. The molecule has 0 aliphatic heterocycles. The van der Waals surface area contributed by atoms with Crippen LogP contribution in [-0.2, 0) is 6.54 Å². The van der Waals surface area contributed by atoms with Crippen molar-refractivity contribution in [3.05, 3.63) is 56.5 Å². The molecule has 1 nitrogen and oxygen atoms in total. The molecule has 0 saturated carbocycles. The van der Waals surface area contributed by atoms with Crippen LogP contribution >= 0.6 is 11.3 Å². The Morgan fingerprint density at radius 1 is 1.21 bits per heavy atom. The maximum atomic E-state index is 13.5. The van der Waals surface area contributed by atoms with E-state index >= 15 is 0 Å². The Balaban J connectivity index is 2.03. The number of benzene rings is 1. The monoisotopic (exact) mass is 277 g/mol. The molecular formula is C16H20FNS. The second-order valence-electron chi connectivity index (χ2n) is 5.05. The summed E-state index contributed by atoms with van der Waals surface area (Å²) < 4.78 is 13.5. The lowest BCUT2D eigenvalue weighted by Gasteiger charge is -2.15. The molecule has 1 aromatic carbocycles. The Bertz CT molecular complexity index is 574. The van der Waals surface area contributed by atoms with E-state index in [1.54, 1.807) is 13.0 Å². The van der Waals surface area contributed by atoms with E-state index in [-0.39, 0.29) is 11.9 Å². The van der Waals surface area contributed by atoms with Crippen molar-refractivity contribution in [1.82, 2.24) is 5.32 Å². The fourth-order valence-corrected chi connectivity index (χ4v) is 3.06. The van der Waals surface area contributed by atoms with E-state index in [0.29, 0.717) is 5.56 Å². The third kappa shape index (κ3) is 3.43. The number of halogens is 1. The van der Waals surface area contributed by atoms with Crippen LogP contribution in [0.1, 0.15) is 39.4 Å². The van der Waals surface area contributed by atoms with E-state index in [1.165, 1.54) is 15.3 Å². The van der Waals surface area contributed by atoms with E-state index < -0.39 is 0 Å². The summed E-state index contributed by atoms with van der Waals surface area (Å²) in [6.45, 7) is 8.95. The van der Waals surface area contributed by atoms with Gasteiger partial charge >= 0.3 is 0 Å². The number of thiophene rings is 1. The van der Waals surface area contributed by atoms with Gasteiger partial charge in [-0.15, -0.1) is 11.3 Å². The van der Waals surface area contributed by atoms with Gasteiger partial charge in [-0.2, -0.15) is 0 Å². The van der Waals surface area contributed by atoms with Crippen LogP contribution in [-0.4, -0.2) is 0 Å². The maximum Gasteiger partial charge on any atom is 0.126 e. The average Bonchev–Trinajstić information content (AvgIpc) is 2.68. The molecule has 1 N–H and O–H groups in total. The van der Waals surface area contributed by atoms with Gasteiger partial charge in [0.1, 0.15) is 5.82 Å². The molecule has 102 valence electrons. The largest absolute Gasteiger partial charge is 0.306 e. The first kappa shape index (κ1) is 14.2. The van der Waals surface area contributed by atoms with Crippen LogP contribution in [0.25, 0.3) is 0 Å². The standard InChI is InChI=1S/C16H20FNS/c1-10-5-6-14(8-16(10)17)12(3)18-9-15-7-11(2)19-13(15)4/h5-8,12,18H,9H2,1-4H3. The average molecular weight is 277 g/mol. The van der Waals surface area contributed by atoms with Gasteiger partial charge in [0.05, 0.1) is 0 Å². The molecule has 0 aliphatic rings. The van der Waals surface area contributed by atoms with Crippen molar-refractivity contribution in [1.29, 1.82) is 0 Å². The smallest absolute Gasteiger partial charge is 0.126 e. The molecule has 2 aromatic rings. The molecule has 0 amide bonds. The summed E-state index contributed by atoms with van der Waals surface area (Å²) in [6, 6.07) is 7.81. The summed E-state index contributed by atoms with van der Waals surface area (Å²) in [5.41, 5.74) is 3.02. The van der Waals surface area contributed by atoms with Crippen molar-refractivity contribution in [2.45, 2.75) is 40.3 Å². The first-order valence-electron chi connectivity index (χ1n) is 6.52. The van der Waals surface area contributed by atoms with Gasteiger partial charge in [-0.3, -0.25) is 0 Å². The minimum atomic E-state index is -0.131. The normalized spacial score (nSPS) is 12.7. The van der Waals surface area contributed by atoms with Gasteiger partial charge in [-0.25, -0.2) is 4.39 Å². The second-order valence-corrected chi connectivity index (χ2v) is 6.51. The molecular weight excluding hydrogens is 257 g/mol. The quantitative estimate of drug-likeness (QED) is 0.856. The zero-order valence-electron chi connectivity index (χ0n) is 11.9. The molecule has 0 bridgehead atoms. The first-order valence-corrected chi connectivity index (χ1v) is 7.34. The third-order valence-corrected chi connectivity index (χ3v) is 4.45. The highest BCUT2D eigenvalue weighted by molar-refractivity contribution is 7.12. The predicted octanol–water partition coefficient (Wildman–Crippen LogP) is 4.66. The fraction of sp³-hybridized carbons (Fsp3) is 0.375. The molecule has 3 heteroatoms. The summed E-state index contributed by atoms with van der Waals surface area (Å²) in [4.78, 5) is 2.69. The summed E-state index contributed by atoms with van der Waals surface area (Å²) in [6.07, 6.45) is 0. The van der Waals surface area contributed by atoms with Crippen molar-refractivity contribution in [3.8, 4) is 0 Å². The van der Waals surface area contributed by atoms with Crippen LogP contribution in [0.4, 0.5) is 4.39 Å². The van der Waals surface area contributed by atoms with Crippen molar-refractivity contribution in [2.75, 3.05) is 0 Å². The molecule has 1 aromatic heterocycles. The minimum absolute atomic E-state index is 0.131. The van der Waals surface area contributed by atoms with Gasteiger partial charge < -0.3 is 5.32 Å². The number of hydrogen-bond donors (Lipinski definition) is 1. The Morgan fingerprint density at radius 3 is 2.53 bits per heavy atom. The van der Waals surface area contributed by atoms with Crippen LogP contribution in [0.2, 0.25) is 0 Å². The number of aryl methyl sites for hydroxylation is 3. The summed E-state index contributed by atoms with van der Waals surface area (Å²) in [5.74, 6) is -0.131. The topological polar surface area (TPSA) is 12.0 Å².